The molecule has 1 N–H and O–H groups in total. The number of nitrogens with zero attached hydrogens (tertiary/aromatic N) is 2. The summed E-state index contributed by atoms with van der Waals surface area (Å²) < 4.78 is 4.88. The van der Waals surface area contributed by atoms with Crippen LogP contribution in [0.4, 0.5) is 0 Å². The van der Waals surface area contributed by atoms with Crippen LogP contribution in [0.5, 0.6) is 0 Å². The molecule has 1 rings (SSSR count). The van der Waals surface area contributed by atoms with Gasteiger partial charge in [-0.1, -0.05) is 6.92 Å². The van der Waals surface area contributed by atoms with Gasteiger partial charge in [0.25, 0.3) is 0 Å². The van der Waals surface area contributed by atoms with E-state index < -0.39 is 0 Å². The molecule has 1 aliphatic heterocycles. The molecule has 0 saturated carbocycles. The van der Waals surface area contributed by atoms with Crippen molar-refractivity contribution in [1.29, 1.82) is 0 Å². The summed E-state index contributed by atoms with van der Waals surface area (Å²) in [6.07, 6.45) is 1.85. The molecule has 124 valence electrons. The lowest BCUT2D eigenvalue weighted by atomic mass is 10.0. The van der Waals surface area contributed by atoms with Crippen LogP contribution in [0.25, 0.3) is 0 Å². The van der Waals surface area contributed by atoms with Crippen molar-refractivity contribution in [3.63, 3.8) is 0 Å². The van der Waals surface area contributed by atoms with Crippen LogP contribution in [-0.4, -0.2) is 73.7 Å². The van der Waals surface area contributed by atoms with Gasteiger partial charge in [0.2, 0.25) is 0 Å². The molecule has 1 unspecified atom stereocenters. The van der Waals surface area contributed by atoms with Gasteiger partial charge in [-0.15, -0.1) is 0 Å². The van der Waals surface area contributed by atoms with Crippen LogP contribution in [-0.2, 0) is 9.53 Å². The highest BCUT2D eigenvalue weighted by Gasteiger charge is 2.26. The van der Waals surface area contributed by atoms with E-state index in [0.29, 0.717) is 0 Å². The van der Waals surface area contributed by atoms with Gasteiger partial charge in [0.15, 0.2) is 0 Å². The third-order valence-corrected chi connectivity index (χ3v) is 4.18. The van der Waals surface area contributed by atoms with Gasteiger partial charge >= 0.3 is 5.97 Å². The fourth-order valence-electron chi connectivity index (χ4n) is 2.72. The van der Waals surface area contributed by atoms with Crippen LogP contribution >= 0.6 is 0 Å². The minimum atomic E-state index is -0.171. The Balaban J connectivity index is 2.35. The first-order valence-corrected chi connectivity index (χ1v) is 8.17. The second kappa shape index (κ2) is 8.71. The molecular formula is C16H33N3O2. The van der Waals surface area contributed by atoms with Gasteiger partial charge in [0, 0.05) is 38.3 Å². The number of rotatable bonds is 7. The molecule has 0 aromatic rings. The summed E-state index contributed by atoms with van der Waals surface area (Å²) in [6.45, 7) is 15.1. The van der Waals surface area contributed by atoms with Crippen molar-refractivity contribution in [2.45, 2.75) is 52.1 Å². The number of carbonyl (C=O) groups excluding carboxylic acids is 1. The van der Waals surface area contributed by atoms with Crippen LogP contribution in [0.1, 0.15) is 40.5 Å². The highest BCUT2D eigenvalue weighted by atomic mass is 16.5. The molecule has 0 aromatic carbocycles. The Kier molecular flexibility index (Phi) is 7.63. The summed E-state index contributed by atoms with van der Waals surface area (Å²) in [5, 5.41) is 3.28. The fraction of sp³-hybridized carbons (Fsp3) is 0.938. The number of esters is 1. The Morgan fingerprint density at radius 1 is 1.24 bits per heavy atom. The van der Waals surface area contributed by atoms with E-state index in [2.05, 4.69) is 42.8 Å². The minimum absolute atomic E-state index is 0.142. The minimum Gasteiger partial charge on any atom is -0.468 e. The predicted octanol–water partition coefficient (Wildman–Crippen LogP) is 1.33. The van der Waals surface area contributed by atoms with Crippen molar-refractivity contribution < 1.29 is 9.53 Å². The number of carbonyl (C=O) groups is 1. The van der Waals surface area contributed by atoms with Gasteiger partial charge in [-0.25, -0.2) is 0 Å². The summed E-state index contributed by atoms with van der Waals surface area (Å²) in [6, 6.07) is -0.171. The van der Waals surface area contributed by atoms with Gasteiger partial charge in [-0.2, -0.15) is 0 Å². The molecule has 0 aliphatic carbocycles. The van der Waals surface area contributed by atoms with E-state index in [9.17, 15) is 4.79 Å². The van der Waals surface area contributed by atoms with Crippen molar-refractivity contribution >= 4 is 5.97 Å². The Morgan fingerprint density at radius 2 is 1.86 bits per heavy atom. The molecule has 0 amide bonds. The first-order chi connectivity index (χ1) is 9.88. The normalized spacial score (nSPS) is 19.5. The van der Waals surface area contributed by atoms with Crippen LogP contribution in [0.3, 0.4) is 0 Å². The van der Waals surface area contributed by atoms with Crippen LogP contribution < -0.4 is 5.32 Å². The zero-order valence-corrected chi connectivity index (χ0v) is 14.4. The lowest BCUT2D eigenvalue weighted by Crippen LogP contribution is -2.54. The van der Waals surface area contributed by atoms with Gasteiger partial charge in [0.05, 0.1) is 7.11 Å². The summed E-state index contributed by atoms with van der Waals surface area (Å²) in [4.78, 5) is 16.7. The second-order valence-electron chi connectivity index (χ2n) is 6.82. The quantitative estimate of drug-likeness (QED) is 0.719. The standard InChI is InChI=1S/C16H33N3O2/c1-6-8-17-14(15(20)21-5)7-9-18-10-12-19(13-11-18)16(2,3)4/h14,17H,6-13H2,1-5H3. The summed E-state index contributed by atoms with van der Waals surface area (Å²) >= 11 is 0. The van der Waals surface area contributed by atoms with E-state index >= 15 is 0 Å². The summed E-state index contributed by atoms with van der Waals surface area (Å²) in [5.74, 6) is -0.142. The lowest BCUT2D eigenvalue weighted by Gasteiger charge is -2.42. The molecule has 0 aromatic heterocycles. The molecule has 1 saturated heterocycles. The number of ether oxygens (including phenoxy) is 1. The third kappa shape index (κ3) is 6.32. The monoisotopic (exact) mass is 299 g/mol. The number of hydrogen-bond acceptors (Lipinski definition) is 5. The van der Waals surface area contributed by atoms with Gasteiger partial charge < -0.3 is 15.0 Å². The molecule has 1 heterocycles. The van der Waals surface area contributed by atoms with Crippen molar-refractivity contribution in [3.8, 4) is 0 Å². The predicted molar refractivity (Wildman–Crippen MR) is 86.5 cm³/mol. The van der Waals surface area contributed by atoms with Crippen molar-refractivity contribution in [2.24, 2.45) is 0 Å². The lowest BCUT2D eigenvalue weighted by molar-refractivity contribution is -0.143. The van der Waals surface area contributed by atoms with Crippen molar-refractivity contribution in [3.05, 3.63) is 0 Å². The van der Waals surface area contributed by atoms with Crippen molar-refractivity contribution in [2.75, 3.05) is 46.4 Å². The maximum atomic E-state index is 11.8. The molecule has 0 bridgehead atoms. The summed E-state index contributed by atoms with van der Waals surface area (Å²) in [7, 11) is 1.46. The molecule has 0 spiro atoms. The smallest absolute Gasteiger partial charge is 0.322 e. The van der Waals surface area contributed by atoms with E-state index in [1.165, 1.54) is 7.11 Å². The second-order valence-corrected chi connectivity index (χ2v) is 6.82. The van der Waals surface area contributed by atoms with E-state index in [1.54, 1.807) is 0 Å². The molecule has 5 nitrogen and oxygen atoms in total. The third-order valence-electron chi connectivity index (χ3n) is 4.18. The fourth-order valence-corrected chi connectivity index (χ4v) is 2.72. The highest BCUT2D eigenvalue weighted by Crippen LogP contribution is 2.16. The highest BCUT2D eigenvalue weighted by molar-refractivity contribution is 5.75. The number of hydrogen-bond donors (Lipinski definition) is 1. The maximum absolute atomic E-state index is 11.8. The molecule has 21 heavy (non-hydrogen) atoms. The molecule has 1 fully saturated rings. The van der Waals surface area contributed by atoms with Crippen LogP contribution in [0.2, 0.25) is 0 Å². The van der Waals surface area contributed by atoms with Crippen LogP contribution in [0, 0.1) is 0 Å². The number of methoxy groups -OCH3 is 1. The molecular weight excluding hydrogens is 266 g/mol. The average molecular weight is 299 g/mol. The van der Waals surface area contributed by atoms with Crippen molar-refractivity contribution in [1.82, 2.24) is 15.1 Å². The Bertz CT molecular complexity index is 307. The Labute approximate surface area is 130 Å². The average Bonchev–Trinajstić information content (AvgIpc) is 2.46. The van der Waals surface area contributed by atoms with E-state index in [1.807, 2.05) is 0 Å². The van der Waals surface area contributed by atoms with Gasteiger partial charge in [-0.05, 0) is 40.2 Å². The summed E-state index contributed by atoms with van der Waals surface area (Å²) in [5.41, 5.74) is 0.253. The van der Waals surface area contributed by atoms with Crippen LogP contribution in [0.15, 0.2) is 0 Å². The first kappa shape index (κ1) is 18.4. The SMILES string of the molecule is CCCNC(CCN1CCN(C(C)(C)C)CC1)C(=O)OC. The number of piperazine rings is 1. The van der Waals surface area contributed by atoms with E-state index in [4.69, 9.17) is 4.74 Å². The van der Waals surface area contributed by atoms with Gasteiger partial charge in [-0.3, -0.25) is 9.69 Å². The first-order valence-electron chi connectivity index (χ1n) is 8.17. The molecule has 1 atom stereocenters. The number of nitrogens with one attached hydrogen (secondary N) is 1. The van der Waals surface area contributed by atoms with Gasteiger partial charge in [0.1, 0.15) is 6.04 Å². The molecule has 1 aliphatic rings. The molecule has 5 heteroatoms. The maximum Gasteiger partial charge on any atom is 0.322 e. The largest absolute Gasteiger partial charge is 0.468 e. The van der Waals surface area contributed by atoms with E-state index in [0.717, 1.165) is 52.1 Å². The zero-order valence-electron chi connectivity index (χ0n) is 14.4. The Morgan fingerprint density at radius 3 is 2.33 bits per heavy atom. The zero-order chi connectivity index (χ0) is 15.9. The molecule has 0 radical (unpaired) electrons. The van der Waals surface area contributed by atoms with E-state index in [-0.39, 0.29) is 17.6 Å². The Hall–Kier alpha value is -0.650. The topological polar surface area (TPSA) is 44.8 Å².